The molecule has 0 bridgehead atoms. The molecule has 3 nitrogen and oxygen atoms in total. The van der Waals surface area contributed by atoms with Gasteiger partial charge in [-0.2, -0.15) is 5.26 Å². The van der Waals surface area contributed by atoms with Gasteiger partial charge >= 0.3 is 0 Å². The fourth-order valence-electron chi connectivity index (χ4n) is 1.12. The average Bonchev–Trinajstić information content (AvgIpc) is 2.66. The van der Waals surface area contributed by atoms with Gasteiger partial charge in [0.15, 0.2) is 0 Å². The van der Waals surface area contributed by atoms with Gasteiger partial charge in [0.2, 0.25) is 0 Å². The van der Waals surface area contributed by atoms with Gasteiger partial charge in [0.05, 0.1) is 6.61 Å². The van der Waals surface area contributed by atoms with E-state index in [4.69, 9.17) is 10.00 Å². The SMILES string of the molecule is COCCNC(C)c1ccc(C#N)s1. The van der Waals surface area contributed by atoms with Gasteiger partial charge in [-0.1, -0.05) is 0 Å². The van der Waals surface area contributed by atoms with Crippen LogP contribution >= 0.6 is 11.3 Å². The topological polar surface area (TPSA) is 45.0 Å². The zero-order valence-corrected chi connectivity index (χ0v) is 9.23. The first-order valence-corrected chi connectivity index (χ1v) is 5.31. The fourth-order valence-corrected chi connectivity index (χ4v) is 1.96. The van der Waals surface area contributed by atoms with E-state index in [1.54, 1.807) is 7.11 Å². The van der Waals surface area contributed by atoms with Crippen LogP contribution in [0.25, 0.3) is 0 Å². The van der Waals surface area contributed by atoms with Crippen LogP contribution in [-0.2, 0) is 4.74 Å². The molecule has 0 aromatic carbocycles. The number of nitrogens with one attached hydrogen (secondary N) is 1. The van der Waals surface area contributed by atoms with E-state index in [-0.39, 0.29) is 6.04 Å². The normalized spacial score (nSPS) is 12.4. The average molecular weight is 210 g/mol. The zero-order chi connectivity index (χ0) is 10.4. The molecule has 1 rings (SSSR count). The molecule has 0 aliphatic carbocycles. The molecule has 0 aliphatic heterocycles. The maximum Gasteiger partial charge on any atom is 0.110 e. The molecule has 0 spiro atoms. The van der Waals surface area contributed by atoms with Gasteiger partial charge in [0, 0.05) is 24.6 Å². The second kappa shape index (κ2) is 5.76. The maximum atomic E-state index is 8.67. The summed E-state index contributed by atoms with van der Waals surface area (Å²) in [5, 5.41) is 12.0. The number of nitriles is 1. The number of ether oxygens (including phenoxy) is 1. The molecule has 0 saturated carbocycles. The molecule has 76 valence electrons. The quantitative estimate of drug-likeness (QED) is 0.755. The van der Waals surface area contributed by atoms with Crippen LogP contribution in [0.1, 0.15) is 22.7 Å². The van der Waals surface area contributed by atoms with E-state index in [1.165, 1.54) is 16.2 Å². The van der Waals surface area contributed by atoms with E-state index in [0.717, 1.165) is 11.4 Å². The highest BCUT2D eigenvalue weighted by molar-refractivity contribution is 7.12. The lowest BCUT2D eigenvalue weighted by atomic mass is 10.3. The summed E-state index contributed by atoms with van der Waals surface area (Å²) in [4.78, 5) is 1.96. The molecule has 1 unspecified atom stereocenters. The Hall–Kier alpha value is -0.890. The summed E-state index contributed by atoms with van der Waals surface area (Å²) in [7, 11) is 1.69. The summed E-state index contributed by atoms with van der Waals surface area (Å²) in [5.74, 6) is 0. The Morgan fingerprint density at radius 3 is 3.00 bits per heavy atom. The van der Waals surface area contributed by atoms with E-state index in [1.807, 2.05) is 12.1 Å². The first-order chi connectivity index (χ1) is 6.77. The second-order valence-electron chi connectivity index (χ2n) is 2.98. The van der Waals surface area contributed by atoms with Crippen molar-refractivity contribution in [3.05, 3.63) is 21.9 Å². The minimum atomic E-state index is 0.289. The molecule has 0 radical (unpaired) electrons. The van der Waals surface area contributed by atoms with Crippen molar-refractivity contribution in [1.82, 2.24) is 5.32 Å². The summed E-state index contributed by atoms with van der Waals surface area (Å²) in [6.45, 7) is 3.63. The van der Waals surface area contributed by atoms with Crippen molar-refractivity contribution >= 4 is 11.3 Å². The molecule has 0 amide bonds. The van der Waals surface area contributed by atoms with Gasteiger partial charge in [0.1, 0.15) is 10.9 Å². The molecular weight excluding hydrogens is 196 g/mol. The Bertz CT molecular complexity index is 316. The van der Waals surface area contributed by atoms with Crippen molar-refractivity contribution in [3.8, 4) is 6.07 Å². The van der Waals surface area contributed by atoms with Crippen LogP contribution in [-0.4, -0.2) is 20.3 Å². The number of hydrogen-bond donors (Lipinski definition) is 1. The van der Waals surface area contributed by atoms with Crippen molar-refractivity contribution in [2.45, 2.75) is 13.0 Å². The molecule has 0 saturated heterocycles. The predicted octanol–water partition coefficient (Wildman–Crippen LogP) is 1.92. The smallest absolute Gasteiger partial charge is 0.110 e. The zero-order valence-electron chi connectivity index (χ0n) is 8.41. The second-order valence-corrected chi connectivity index (χ2v) is 4.10. The van der Waals surface area contributed by atoms with Gasteiger partial charge in [-0.05, 0) is 19.1 Å². The predicted molar refractivity (Wildman–Crippen MR) is 57.3 cm³/mol. The number of nitrogens with zero attached hydrogens (tertiary/aromatic N) is 1. The third-order valence-corrected chi connectivity index (χ3v) is 3.09. The minimum absolute atomic E-state index is 0.289. The molecular formula is C10H14N2OS. The van der Waals surface area contributed by atoms with Crippen molar-refractivity contribution in [2.24, 2.45) is 0 Å². The van der Waals surface area contributed by atoms with E-state index in [9.17, 15) is 0 Å². The largest absolute Gasteiger partial charge is 0.383 e. The standard InChI is InChI=1S/C10H14N2OS/c1-8(12-5-6-13-2)10-4-3-9(7-11)14-10/h3-4,8,12H,5-6H2,1-2H3. The van der Waals surface area contributed by atoms with E-state index in [0.29, 0.717) is 6.61 Å². The van der Waals surface area contributed by atoms with E-state index < -0.39 is 0 Å². The lowest BCUT2D eigenvalue weighted by molar-refractivity contribution is 0.196. The minimum Gasteiger partial charge on any atom is -0.383 e. The Kier molecular flexibility index (Phi) is 4.60. The van der Waals surface area contributed by atoms with E-state index in [2.05, 4.69) is 18.3 Å². The number of hydrogen-bond acceptors (Lipinski definition) is 4. The highest BCUT2D eigenvalue weighted by Crippen LogP contribution is 2.21. The third-order valence-electron chi connectivity index (χ3n) is 1.92. The Morgan fingerprint density at radius 2 is 2.43 bits per heavy atom. The van der Waals surface area contributed by atoms with Crippen molar-refractivity contribution in [1.29, 1.82) is 5.26 Å². The first-order valence-electron chi connectivity index (χ1n) is 4.50. The van der Waals surface area contributed by atoms with Crippen LogP contribution in [0, 0.1) is 11.3 Å². The summed E-state index contributed by atoms with van der Waals surface area (Å²) in [6, 6.07) is 6.27. The van der Waals surface area contributed by atoms with Crippen molar-refractivity contribution in [2.75, 3.05) is 20.3 Å². The van der Waals surface area contributed by atoms with Gasteiger partial charge in [-0.15, -0.1) is 11.3 Å². The van der Waals surface area contributed by atoms with Crippen LogP contribution in [0.5, 0.6) is 0 Å². The van der Waals surface area contributed by atoms with Gasteiger partial charge in [-0.3, -0.25) is 0 Å². The van der Waals surface area contributed by atoms with Crippen LogP contribution in [0.15, 0.2) is 12.1 Å². The number of thiophene rings is 1. The van der Waals surface area contributed by atoms with Gasteiger partial charge in [-0.25, -0.2) is 0 Å². The number of rotatable bonds is 5. The molecule has 4 heteroatoms. The Morgan fingerprint density at radius 1 is 1.64 bits per heavy atom. The maximum absolute atomic E-state index is 8.67. The molecule has 1 aromatic rings. The monoisotopic (exact) mass is 210 g/mol. The van der Waals surface area contributed by atoms with E-state index >= 15 is 0 Å². The molecule has 1 N–H and O–H groups in total. The lowest BCUT2D eigenvalue weighted by Gasteiger charge is -2.10. The Balaban J connectivity index is 2.44. The van der Waals surface area contributed by atoms with Crippen LogP contribution in [0.4, 0.5) is 0 Å². The highest BCUT2D eigenvalue weighted by atomic mass is 32.1. The molecule has 14 heavy (non-hydrogen) atoms. The van der Waals surface area contributed by atoms with Crippen LogP contribution in [0.3, 0.4) is 0 Å². The molecule has 1 heterocycles. The van der Waals surface area contributed by atoms with Gasteiger partial charge in [0.25, 0.3) is 0 Å². The Labute approximate surface area is 88.3 Å². The van der Waals surface area contributed by atoms with Crippen molar-refractivity contribution in [3.63, 3.8) is 0 Å². The fraction of sp³-hybridized carbons (Fsp3) is 0.500. The molecule has 1 aromatic heterocycles. The summed E-state index contributed by atoms with van der Waals surface area (Å²) >= 11 is 1.53. The lowest BCUT2D eigenvalue weighted by Crippen LogP contribution is -2.22. The highest BCUT2D eigenvalue weighted by Gasteiger charge is 2.07. The summed E-state index contributed by atoms with van der Waals surface area (Å²) < 4.78 is 4.94. The van der Waals surface area contributed by atoms with Crippen LogP contribution in [0.2, 0.25) is 0 Å². The van der Waals surface area contributed by atoms with Crippen LogP contribution < -0.4 is 5.32 Å². The van der Waals surface area contributed by atoms with Crippen molar-refractivity contribution < 1.29 is 4.74 Å². The first kappa shape index (κ1) is 11.2. The van der Waals surface area contributed by atoms with Gasteiger partial charge < -0.3 is 10.1 Å². The number of methoxy groups -OCH3 is 1. The molecule has 0 fully saturated rings. The summed E-state index contributed by atoms with van der Waals surface area (Å²) in [6.07, 6.45) is 0. The summed E-state index contributed by atoms with van der Waals surface area (Å²) in [5.41, 5.74) is 0. The molecule has 0 aliphatic rings. The molecule has 1 atom stereocenters. The third kappa shape index (κ3) is 3.11.